The van der Waals surface area contributed by atoms with E-state index in [1.165, 1.54) is 12.5 Å². The maximum atomic E-state index is 12.3. The maximum absolute atomic E-state index is 12.3. The molecule has 5 heteroatoms. The van der Waals surface area contributed by atoms with Crippen molar-refractivity contribution in [1.82, 2.24) is 0 Å². The van der Waals surface area contributed by atoms with Crippen LogP contribution in [0.15, 0.2) is 65.1 Å². The third kappa shape index (κ3) is 4.88. The summed E-state index contributed by atoms with van der Waals surface area (Å²) >= 11 is 0. The Kier molecular flexibility index (Phi) is 5.94. The fourth-order valence-corrected chi connectivity index (χ4v) is 2.66. The number of rotatable bonds is 7. The highest BCUT2D eigenvalue weighted by atomic mass is 16.5. The molecule has 0 radical (unpaired) electrons. The van der Waals surface area contributed by atoms with Crippen LogP contribution in [0, 0.1) is 0 Å². The normalized spacial score (nSPS) is 10.7. The summed E-state index contributed by atoms with van der Waals surface area (Å²) in [5, 5.41) is 2.74. The number of hydrogen-bond acceptors (Lipinski definition) is 4. The highest BCUT2D eigenvalue weighted by Crippen LogP contribution is 2.20. The molecule has 0 spiro atoms. The molecule has 3 rings (SSSR count). The Morgan fingerprint density at radius 2 is 1.64 bits per heavy atom. The predicted octanol–water partition coefficient (Wildman–Crippen LogP) is 5.44. The van der Waals surface area contributed by atoms with Gasteiger partial charge in [-0.2, -0.15) is 0 Å². The standard InChI is InChI=1S/C23H23NO4/c1-15(2)17-6-10-20(11-7-17)27-14-21-12-13-22(28-21)23(26)24-19-8-4-18(5-9-19)16(3)25/h4-13,15H,14H2,1-3H3,(H,24,26). The van der Waals surface area contributed by atoms with Crippen molar-refractivity contribution in [3.8, 4) is 5.75 Å². The second-order valence-electron chi connectivity index (χ2n) is 6.87. The van der Waals surface area contributed by atoms with Crippen LogP contribution in [0.2, 0.25) is 0 Å². The highest BCUT2D eigenvalue weighted by Gasteiger charge is 2.12. The first kappa shape index (κ1) is 19.4. The fourth-order valence-electron chi connectivity index (χ4n) is 2.66. The molecule has 1 amide bonds. The molecule has 28 heavy (non-hydrogen) atoms. The lowest BCUT2D eigenvalue weighted by atomic mass is 10.0. The van der Waals surface area contributed by atoms with Gasteiger partial charge < -0.3 is 14.5 Å². The molecule has 3 aromatic rings. The van der Waals surface area contributed by atoms with Crippen LogP contribution in [0.1, 0.15) is 58.9 Å². The average Bonchev–Trinajstić information content (AvgIpc) is 3.16. The SMILES string of the molecule is CC(=O)c1ccc(NC(=O)c2ccc(COc3ccc(C(C)C)cc3)o2)cc1. The van der Waals surface area contributed by atoms with Crippen LogP contribution >= 0.6 is 0 Å². The smallest absolute Gasteiger partial charge is 0.291 e. The van der Waals surface area contributed by atoms with Gasteiger partial charge in [-0.3, -0.25) is 9.59 Å². The molecule has 0 saturated carbocycles. The summed E-state index contributed by atoms with van der Waals surface area (Å²) in [7, 11) is 0. The Labute approximate surface area is 164 Å². The van der Waals surface area contributed by atoms with E-state index in [1.54, 1.807) is 36.4 Å². The Hall–Kier alpha value is -3.34. The van der Waals surface area contributed by atoms with Crippen molar-refractivity contribution in [3.63, 3.8) is 0 Å². The van der Waals surface area contributed by atoms with Crippen LogP contribution in [0.3, 0.4) is 0 Å². The predicted molar refractivity (Wildman–Crippen MR) is 108 cm³/mol. The first-order valence-corrected chi connectivity index (χ1v) is 9.16. The van der Waals surface area contributed by atoms with Gasteiger partial charge in [0.05, 0.1) is 0 Å². The summed E-state index contributed by atoms with van der Waals surface area (Å²) in [6.07, 6.45) is 0. The van der Waals surface area contributed by atoms with Crippen molar-refractivity contribution >= 4 is 17.4 Å². The number of nitrogens with one attached hydrogen (secondary N) is 1. The number of anilines is 1. The van der Waals surface area contributed by atoms with Crippen molar-refractivity contribution in [2.75, 3.05) is 5.32 Å². The Morgan fingerprint density at radius 1 is 0.964 bits per heavy atom. The van der Waals surface area contributed by atoms with E-state index < -0.39 is 0 Å². The number of carbonyl (C=O) groups is 2. The molecule has 0 aliphatic rings. The molecule has 2 aromatic carbocycles. The topological polar surface area (TPSA) is 68.5 Å². The Bertz CT molecular complexity index is 953. The van der Waals surface area contributed by atoms with Gasteiger partial charge in [0.15, 0.2) is 11.5 Å². The van der Waals surface area contributed by atoms with E-state index in [-0.39, 0.29) is 24.1 Å². The molecular weight excluding hydrogens is 354 g/mol. The minimum absolute atomic E-state index is 0.0209. The zero-order valence-electron chi connectivity index (χ0n) is 16.2. The number of furan rings is 1. The summed E-state index contributed by atoms with van der Waals surface area (Å²) in [4.78, 5) is 23.6. The lowest BCUT2D eigenvalue weighted by Crippen LogP contribution is -2.11. The van der Waals surface area contributed by atoms with Gasteiger partial charge in [0, 0.05) is 11.3 Å². The van der Waals surface area contributed by atoms with Crippen LogP contribution in [0.4, 0.5) is 5.69 Å². The number of amides is 1. The molecule has 0 unspecified atom stereocenters. The highest BCUT2D eigenvalue weighted by molar-refractivity contribution is 6.02. The molecule has 1 N–H and O–H groups in total. The summed E-state index contributed by atoms with van der Waals surface area (Å²) in [5.74, 6) is 1.60. The van der Waals surface area contributed by atoms with Crippen molar-refractivity contribution in [1.29, 1.82) is 0 Å². The van der Waals surface area contributed by atoms with E-state index in [0.29, 0.717) is 22.9 Å². The van der Waals surface area contributed by atoms with Crippen LogP contribution in [0.25, 0.3) is 0 Å². The zero-order chi connectivity index (χ0) is 20.1. The van der Waals surface area contributed by atoms with E-state index in [1.807, 2.05) is 24.3 Å². The van der Waals surface area contributed by atoms with Crippen LogP contribution < -0.4 is 10.1 Å². The molecule has 1 aromatic heterocycles. The summed E-state index contributed by atoms with van der Waals surface area (Å²) in [6, 6.07) is 18.0. The van der Waals surface area contributed by atoms with Gasteiger partial charge in [0.1, 0.15) is 18.1 Å². The van der Waals surface area contributed by atoms with Gasteiger partial charge in [0.25, 0.3) is 5.91 Å². The van der Waals surface area contributed by atoms with Crippen molar-refractivity contribution in [2.24, 2.45) is 0 Å². The van der Waals surface area contributed by atoms with Gasteiger partial charge in [-0.25, -0.2) is 0 Å². The average molecular weight is 377 g/mol. The number of ketones is 1. The lowest BCUT2D eigenvalue weighted by molar-refractivity contribution is 0.0990. The first-order valence-electron chi connectivity index (χ1n) is 9.16. The molecule has 1 heterocycles. The first-order chi connectivity index (χ1) is 13.4. The molecule has 5 nitrogen and oxygen atoms in total. The maximum Gasteiger partial charge on any atom is 0.291 e. The van der Waals surface area contributed by atoms with E-state index in [0.717, 1.165) is 5.75 Å². The number of hydrogen-bond donors (Lipinski definition) is 1. The third-order valence-electron chi connectivity index (χ3n) is 4.36. The minimum atomic E-state index is -0.358. The van der Waals surface area contributed by atoms with Gasteiger partial charge in [-0.05, 0) is 66.9 Å². The molecule has 0 saturated heterocycles. The molecule has 0 bridgehead atoms. The lowest BCUT2D eigenvalue weighted by Gasteiger charge is -2.08. The number of carbonyl (C=O) groups excluding carboxylic acids is 2. The van der Waals surface area contributed by atoms with Gasteiger partial charge in [0.2, 0.25) is 0 Å². The van der Waals surface area contributed by atoms with E-state index in [4.69, 9.17) is 9.15 Å². The summed E-state index contributed by atoms with van der Waals surface area (Å²) < 4.78 is 11.3. The van der Waals surface area contributed by atoms with Crippen molar-refractivity contribution in [3.05, 3.63) is 83.3 Å². The number of Topliss-reactive ketones (excluding diaryl/α,β-unsaturated/α-hetero) is 1. The largest absolute Gasteiger partial charge is 0.486 e. The molecule has 0 aliphatic carbocycles. The zero-order valence-corrected chi connectivity index (χ0v) is 16.2. The second kappa shape index (κ2) is 8.57. The molecule has 0 fully saturated rings. The van der Waals surface area contributed by atoms with Gasteiger partial charge >= 0.3 is 0 Å². The molecular formula is C23H23NO4. The van der Waals surface area contributed by atoms with Crippen LogP contribution in [-0.4, -0.2) is 11.7 Å². The van der Waals surface area contributed by atoms with Crippen molar-refractivity contribution in [2.45, 2.75) is 33.3 Å². The summed E-state index contributed by atoms with van der Waals surface area (Å²) in [6.45, 7) is 6.02. The van der Waals surface area contributed by atoms with E-state index in [2.05, 4.69) is 19.2 Å². The minimum Gasteiger partial charge on any atom is -0.486 e. The van der Waals surface area contributed by atoms with E-state index >= 15 is 0 Å². The Morgan fingerprint density at radius 3 is 2.25 bits per heavy atom. The van der Waals surface area contributed by atoms with Crippen LogP contribution in [0.5, 0.6) is 5.75 Å². The van der Waals surface area contributed by atoms with Gasteiger partial charge in [-0.1, -0.05) is 26.0 Å². The third-order valence-corrected chi connectivity index (χ3v) is 4.36. The molecule has 144 valence electrons. The summed E-state index contributed by atoms with van der Waals surface area (Å²) in [5.41, 5.74) is 2.44. The molecule has 0 atom stereocenters. The fraction of sp³-hybridized carbons (Fsp3) is 0.217. The van der Waals surface area contributed by atoms with Gasteiger partial charge in [-0.15, -0.1) is 0 Å². The second-order valence-corrected chi connectivity index (χ2v) is 6.87. The van der Waals surface area contributed by atoms with E-state index in [9.17, 15) is 9.59 Å². The quantitative estimate of drug-likeness (QED) is 0.557. The monoisotopic (exact) mass is 377 g/mol. The Balaban J connectivity index is 1.56. The van der Waals surface area contributed by atoms with Crippen molar-refractivity contribution < 1.29 is 18.7 Å². The van der Waals surface area contributed by atoms with Crippen LogP contribution in [-0.2, 0) is 6.61 Å². The molecule has 0 aliphatic heterocycles. The number of ether oxygens (including phenoxy) is 1. The number of benzene rings is 2.